The van der Waals surface area contributed by atoms with Crippen LogP contribution in [0, 0.1) is 27.7 Å². The van der Waals surface area contributed by atoms with Gasteiger partial charge in [0.05, 0.1) is 5.56 Å². The second-order valence-corrected chi connectivity index (χ2v) is 5.51. The first-order valence-corrected chi connectivity index (χ1v) is 7.23. The number of rotatable bonds is 3. The molecule has 2 aromatic heterocycles. The van der Waals surface area contributed by atoms with Crippen molar-refractivity contribution in [3.8, 4) is 11.5 Å². The number of hydrogen-bond donors (Lipinski definition) is 1. The summed E-state index contributed by atoms with van der Waals surface area (Å²) < 4.78 is 10.9. The van der Waals surface area contributed by atoms with Crippen LogP contribution in [0.4, 0.5) is 6.01 Å². The zero-order chi connectivity index (χ0) is 16.6. The molecule has 0 radical (unpaired) electrons. The predicted octanol–water partition coefficient (Wildman–Crippen LogP) is 3.82. The van der Waals surface area contributed by atoms with Crippen molar-refractivity contribution in [2.75, 3.05) is 5.32 Å². The standard InChI is InChI=1S/C17H17N3O3/c1-9-5-6-13(10(2)7-9)16-19-20-17(23-16)18-15(21)14-8-11(3)22-12(14)4/h5-8H,1-4H3,(H,18,20,21). The molecule has 6 heteroatoms. The molecular formula is C17H17N3O3. The summed E-state index contributed by atoms with van der Waals surface area (Å²) in [6.07, 6.45) is 0. The molecule has 0 atom stereocenters. The van der Waals surface area contributed by atoms with Crippen LogP contribution in [0.15, 0.2) is 33.1 Å². The van der Waals surface area contributed by atoms with Gasteiger partial charge in [-0.2, -0.15) is 0 Å². The zero-order valence-electron chi connectivity index (χ0n) is 13.4. The minimum atomic E-state index is -0.338. The molecule has 1 N–H and O–H groups in total. The molecule has 3 aromatic rings. The number of hydrogen-bond acceptors (Lipinski definition) is 5. The average molecular weight is 311 g/mol. The van der Waals surface area contributed by atoms with Crippen molar-refractivity contribution in [3.05, 3.63) is 52.5 Å². The lowest BCUT2D eigenvalue weighted by atomic mass is 10.1. The molecule has 1 amide bonds. The first-order valence-electron chi connectivity index (χ1n) is 7.23. The first-order chi connectivity index (χ1) is 10.9. The van der Waals surface area contributed by atoms with Crippen LogP contribution in [0.3, 0.4) is 0 Å². The molecule has 1 aromatic carbocycles. The Morgan fingerprint density at radius 1 is 1.04 bits per heavy atom. The van der Waals surface area contributed by atoms with Gasteiger partial charge >= 0.3 is 6.01 Å². The summed E-state index contributed by atoms with van der Waals surface area (Å²) in [6, 6.07) is 7.67. The van der Waals surface area contributed by atoms with E-state index in [0.29, 0.717) is 23.0 Å². The molecule has 0 fully saturated rings. The molecule has 0 aliphatic heterocycles. The molecule has 0 aliphatic carbocycles. The monoisotopic (exact) mass is 311 g/mol. The van der Waals surface area contributed by atoms with Crippen molar-refractivity contribution in [3.63, 3.8) is 0 Å². The van der Waals surface area contributed by atoms with E-state index >= 15 is 0 Å². The Balaban J connectivity index is 1.82. The van der Waals surface area contributed by atoms with Crippen LogP contribution in [0.25, 0.3) is 11.5 Å². The highest BCUT2D eigenvalue weighted by molar-refractivity contribution is 6.03. The fraction of sp³-hybridized carbons (Fsp3) is 0.235. The van der Waals surface area contributed by atoms with Gasteiger partial charge in [-0.05, 0) is 45.4 Å². The highest BCUT2D eigenvalue weighted by Gasteiger charge is 2.17. The summed E-state index contributed by atoms with van der Waals surface area (Å²) >= 11 is 0. The second kappa shape index (κ2) is 5.72. The normalized spacial score (nSPS) is 10.8. The number of anilines is 1. The fourth-order valence-corrected chi connectivity index (χ4v) is 2.46. The van der Waals surface area contributed by atoms with Crippen LogP contribution in [0.1, 0.15) is 33.0 Å². The molecular weight excluding hydrogens is 294 g/mol. The molecule has 0 spiro atoms. The van der Waals surface area contributed by atoms with Crippen molar-refractivity contribution in [2.45, 2.75) is 27.7 Å². The van der Waals surface area contributed by atoms with Crippen LogP contribution in [-0.2, 0) is 0 Å². The van der Waals surface area contributed by atoms with Crippen molar-refractivity contribution < 1.29 is 13.6 Å². The van der Waals surface area contributed by atoms with Crippen molar-refractivity contribution in [2.24, 2.45) is 0 Å². The molecule has 0 saturated carbocycles. The van der Waals surface area contributed by atoms with E-state index in [0.717, 1.165) is 16.7 Å². The van der Waals surface area contributed by atoms with E-state index < -0.39 is 0 Å². The van der Waals surface area contributed by atoms with E-state index in [1.807, 2.05) is 32.0 Å². The molecule has 0 unspecified atom stereocenters. The van der Waals surface area contributed by atoms with Gasteiger partial charge in [-0.25, -0.2) is 0 Å². The lowest BCUT2D eigenvalue weighted by molar-refractivity contribution is 0.102. The van der Waals surface area contributed by atoms with E-state index in [1.165, 1.54) is 0 Å². The largest absolute Gasteiger partial charge is 0.466 e. The van der Waals surface area contributed by atoms with Gasteiger partial charge in [-0.1, -0.05) is 22.8 Å². The second-order valence-electron chi connectivity index (χ2n) is 5.51. The Kier molecular flexibility index (Phi) is 3.73. The van der Waals surface area contributed by atoms with Gasteiger partial charge in [-0.3, -0.25) is 10.1 Å². The van der Waals surface area contributed by atoms with Crippen LogP contribution < -0.4 is 5.32 Å². The molecule has 0 bridgehead atoms. The first kappa shape index (κ1) is 15.0. The van der Waals surface area contributed by atoms with Crippen molar-refractivity contribution >= 4 is 11.9 Å². The predicted molar refractivity (Wildman–Crippen MR) is 85.3 cm³/mol. The third-order valence-electron chi connectivity index (χ3n) is 3.54. The van der Waals surface area contributed by atoms with Crippen LogP contribution >= 0.6 is 0 Å². The molecule has 6 nitrogen and oxygen atoms in total. The summed E-state index contributed by atoms with van der Waals surface area (Å²) in [6.45, 7) is 7.51. The Morgan fingerprint density at radius 3 is 2.48 bits per heavy atom. The van der Waals surface area contributed by atoms with E-state index in [4.69, 9.17) is 8.83 Å². The summed E-state index contributed by atoms with van der Waals surface area (Å²) in [5.41, 5.74) is 3.49. The fourth-order valence-electron chi connectivity index (χ4n) is 2.46. The van der Waals surface area contributed by atoms with E-state index in [1.54, 1.807) is 19.9 Å². The maximum atomic E-state index is 12.2. The van der Waals surface area contributed by atoms with Crippen molar-refractivity contribution in [1.29, 1.82) is 0 Å². The van der Waals surface area contributed by atoms with Gasteiger partial charge in [0.1, 0.15) is 11.5 Å². The van der Waals surface area contributed by atoms with E-state index in [-0.39, 0.29) is 11.9 Å². The topological polar surface area (TPSA) is 81.2 Å². The number of furan rings is 1. The van der Waals surface area contributed by atoms with Gasteiger partial charge in [0.15, 0.2) is 0 Å². The molecule has 2 heterocycles. The SMILES string of the molecule is Cc1ccc(-c2nnc(NC(=O)c3cc(C)oc3C)o2)c(C)c1. The van der Waals surface area contributed by atoms with Gasteiger partial charge in [0.25, 0.3) is 5.91 Å². The van der Waals surface area contributed by atoms with Crippen LogP contribution in [-0.4, -0.2) is 16.1 Å². The minimum Gasteiger partial charge on any atom is -0.466 e. The molecule has 0 saturated heterocycles. The molecule has 23 heavy (non-hydrogen) atoms. The number of amides is 1. The number of aromatic nitrogens is 2. The van der Waals surface area contributed by atoms with Gasteiger partial charge in [0, 0.05) is 5.56 Å². The lowest BCUT2D eigenvalue weighted by Crippen LogP contribution is -2.12. The smallest absolute Gasteiger partial charge is 0.322 e. The maximum Gasteiger partial charge on any atom is 0.322 e. The maximum absolute atomic E-state index is 12.2. The Labute approximate surface area is 133 Å². The summed E-state index contributed by atoms with van der Waals surface area (Å²) in [7, 11) is 0. The summed E-state index contributed by atoms with van der Waals surface area (Å²) in [5.74, 6) is 1.26. The van der Waals surface area contributed by atoms with Gasteiger partial charge < -0.3 is 8.83 Å². The van der Waals surface area contributed by atoms with Gasteiger partial charge in [-0.15, -0.1) is 5.10 Å². The van der Waals surface area contributed by atoms with Gasteiger partial charge in [0.2, 0.25) is 5.89 Å². The third kappa shape index (κ3) is 3.01. The van der Waals surface area contributed by atoms with E-state index in [9.17, 15) is 4.79 Å². The van der Waals surface area contributed by atoms with Crippen molar-refractivity contribution in [1.82, 2.24) is 10.2 Å². The number of carbonyl (C=O) groups is 1. The third-order valence-corrected chi connectivity index (χ3v) is 3.54. The Morgan fingerprint density at radius 2 is 1.83 bits per heavy atom. The highest BCUT2D eigenvalue weighted by Crippen LogP contribution is 2.24. The molecule has 118 valence electrons. The highest BCUT2D eigenvalue weighted by atomic mass is 16.4. The quantitative estimate of drug-likeness (QED) is 0.795. The number of nitrogens with zero attached hydrogens (tertiary/aromatic N) is 2. The average Bonchev–Trinajstić information content (AvgIpc) is 3.05. The summed E-state index contributed by atoms with van der Waals surface area (Å²) in [5, 5.41) is 10.5. The van der Waals surface area contributed by atoms with Crippen LogP contribution in [0.5, 0.6) is 0 Å². The minimum absolute atomic E-state index is 0.0585. The Hall–Kier alpha value is -2.89. The Bertz CT molecular complexity index is 877. The number of nitrogens with one attached hydrogen (secondary N) is 1. The number of aryl methyl sites for hydroxylation is 4. The summed E-state index contributed by atoms with van der Waals surface area (Å²) in [4.78, 5) is 12.2. The van der Waals surface area contributed by atoms with E-state index in [2.05, 4.69) is 15.5 Å². The zero-order valence-corrected chi connectivity index (χ0v) is 13.4. The molecule has 0 aliphatic rings. The molecule has 3 rings (SSSR count). The van der Waals surface area contributed by atoms with Crippen LogP contribution in [0.2, 0.25) is 0 Å². The number of carbonyl (C=O) groups excluding carboxylic acids is 1. The lowest BCUT2D eigenvalue weighted by Gasteiger charge is -2.02. The number of benzene rings is 1.